The van der Waals surface area contributed by atoms with Gasteiger partial charge in [0.1, 0.15) is 22.9 Å². The van der Waals surface area contributed by atoms with Crippen molar-refractivity contribution in [3.05, 3.63) is 41.7 Å². The lowest BCUT2D eigenvalue weighted by molar-refractivity contribution is 0.624. The molecule has 0 amide bonds. The largest absolute Gasteiger partial charge is 0.454 e. The number of furan rings is 1. The second-order valence-corrected chi connectivity index (χ2v) is 5.29. The van der Waals surface area contributed by atoms with E-state index in [1.54, 1.807) is 6.07 Å². The average molecular weight is 267 g/mol. The number of nitrogens with zero attached hydrogens (tertiary/aromatic N) is 2. The molecule has 0 unspecified atom stereocenters. The Labute approximate surface area is 117 Å². The maximum absolute atomic E-state index is 5.93. The van der Waals surface area contributed by atoms with E-state index in [-0.39, 0.29) is 5.92 Å². The summed E-state index contributed by atoms with van der Waals surface area (Å²) in [6.45, 7) is 6.12. The normalized spacial score (nSPS) is 11.4. The third kappa shape index (κ3) is 2.13. The smallest absolute Gasteiger partial charge is 0.154 e. The summed E-state index contributed by atoms with van der Waals surface area (Å²) >= 11 is 0. The second kappa shape index (κ2) is 4.63. The number of fused-ring (bicyclic) bond motifs is 1. The molecule has 4 heteroatoms. The van der Waals surface area contributed by atoms with E-state index < -0.39 is 0 Å². The van der Waals surface area contributed by atoms with Crippen LogP contribution in [0.5, 0.6) is 0 Å². The first-order chi connectivity index (χ1) is 9.54. The molecular formula is C16H17N3O. The van der Waals surface area contributed by atoms with E-state index in [2.05, 4.69) is 9.97 Å². The Kier molecular flexibility index (Phi) is 2.93. The van der Waals surface area contributed by atoms with E-state index in [1.807, 2.05) is 45.0 Å². The van der Waals surface area contributed by atoms with Gasteiger partial charge in [0.15, 0.2) is 5.76 Å². The molecule has 0 aliphatic carbocycles. The first kappa shape index (κ1) is 12.7. The van der Waals surface area contributed by atoms with Gasteiger partial charge in [-0.15, -0.1) is 0 Å². The van der Waals surface area contributed by atoms with E-state index in [1.165, 1.54) is 0 Å². The van der Waals surface area contributed by atoms with Gasteiger partial charge in [-0.3, -0.25) is 0 Å². The van der Waals surface area contributed by atoms with Crippen molar-refractivity contribution in [1.82, 2.24) is 9.97 Å². The summed E-state index contributed by atoms with van der Waals surface area (Å²) in [5.41, 5.74) is 8.60. The van der Waals surface area contributed by atoms with Crippen molar-refractivity contribution >= 4 is 16.8 Å². The number of aryl methyl sites for hydroxylation is 1. The average Bonchev–Trinajstić information content (AvgIpc) is 2.83. The number of benzene rings is 1. The molecule has 0 aliphatic rings. The third-order valence-electron chi connectivity index (χ3n) is 3.27. The van der Waals surface area contributed by atoms with Crippen LogP contribution in [0, 0.1) is 6.92 Å². The maximum Gasteiger partial charge on any atom is 0.154 e. The van der Waals surface area contributed by atoms with Crippen LogP contribution in [0.2, 0.25) is 0 Å². The molecule has 0 fully saturated rings. The van der Waals surface area contributed by atoms with Gasteiger partial charge in [-0.25, -0.2) is 9.97 Å². The molecule has 0 bridgehead atoms. The first-order valence-corrected chi connectivity index (χ1v) is 6.68. The molecule has 20 heavy (non-hydrogen) atoms. The van der Waals surface area contributed by atoms with Crippen LogP contribution in [0.1, 0.15) is 31.2 Å². The van der Waals surface area contributed by atoms with E-state index in [9.17, 15) is 0 Å². The molecule has 2 aromatic heterocycles. The standard InChI is InChI=1S/C16H17N3O/c1-9(2)16-18-12(8-14(17)19-16)13-7-11-6-4-5-10(3)15(11)20-13/h4-9H,1-3H3,(H2,17,18,19). The second-order valence-electron chi connectivity index (χ2n) is 5.29. The van der Waals surface area contributed by atoms with Crippen LogP contribution in [0.25, 0.3) is 22.4 Å². The van der Waals surface area contributed by atoms with Crippen LogP contribution >= 0.6 is 0 Å². The quantitative estimate of drug-likeness (QED) is 0.764. The van der Waals surface area contributed by atoms with Crippen molar-refractivity contribution < 1.29 is 4.42 Å². The molecule has 102 valence electrons. The van der Waals surface area contributed by atoms with Gasteiger partial charge in [-0.05, 0) is 18.6 Å². The predicted molar refractivity (Wildman–Crippen MR) is 80.5 cm³/mol. The molecule has 3 rings (SSSR count). The minimum Gasteiger partial charge on any atom is -0.454 e. The van der Waals surface area contributed by atoms with Crippen LogP contribution < -0.4 is 5.73 Å². The molecule has 2 heterocycles. The summed E-state index contributed by atoms with van der Waals surface area (Å²) < 4.78 is 5.93. The van der Waals surface area contributed by atoms with Crippen molar-refractivity contribution in [2.45, 2.75) is 26.7 Å². The molecule has 0 aliphatic heterocycles. The highest BCUT2D eigenvalue weighted by atomic mass is 16.3. The molecular weight excluding hydrogens is 250 g/mol. The number of nitrogen functional groups attached to an aromatic ring is 1. The number of hydrogen-bond acceptors (Lipinski definition) is 4. The van der Waals surface area contributed by atoms with Crippen LogP contribution in [-0.4, -0.2) is 9.97 Å². The SMILES string of the molecule is Cc1cccc2cc(-c3cc(N)nc(C(C)C)n3)oc12. The fourth-order valence-electron chi connectivity index (χ4n) is 2.20. The summed E-state index contributed by atoms with van der Waals surface area (Å²) in [7, 11) is 0. The fraction of sp³-hybridized carbons (Fsp3) is 0.250. The van der Waals surface area contributed by atoms with Gasteiger partial charge in [0.2, 0.25) is 0 Å². The van der Waals surface area contributed by atoms with Crippen molar-refractivity contribution in [2.24, 2.45) is 0 Å². The Hall–Kier alpha value is -2.36. The molecule has 0 saturated carbocycles. The highest BCUT2D eigenvalue weighted by Crippen LogP contribution is 2.29. The van der Waals surface area contributed by atoms with Gasteiger partial charge < -0.3 is 10.2 Å². The summed E-state index contributed by atoms with van der Waals surface area (Å²) in [6, 6.07) is 9.82. The molecule has 0 saturated heterocycles. The lowest BCUT2D eigenvalue weighted by atomic mass is 10.1. The highest BCUT2D eigenvalue weighted by Gasteiger charge is 2.12. The van der Waals surface area contributed by atoms with Crippen molar-refractivity contribution in [1.29, 1.82) is 0 Å². The molecule has 3 aromatic rings. The number of anilines is 1. The van der Waals surface area contributed by atoms with Gasteiger partial charge in [-0.2, -0.15) is 0 Å². The maximum atomic E-state index is 5.93. The topological polar surface area (TPSA) is 64.9 Å². The predicted octanol–water partition coefficient (Wildman–Crippen LogP) is 3.90. The molecule has 0 atom stereocenters. The van der Waals surface area contributed by atoms with Crippen LogP contribution in [0.3, 0.4) is 0 Å². The van der Waals surface area contributed by atoms with Crippen molar-refractivity contribution in [3.8, 4) is 11.5 Å². The van der Waals surface area contributed by atoms with E-state index >= 15 is 0 Å². The molecule has 4 nitrogen and oxygen atoms in total. The first-order valence-electron chi connectivity index (χ1n) is 6.68. The summed E-state index contributed by atoms with van der Waals surface area (Å²) in [6.07, 6.45) is 0. The van der Waals surface area contributed by atoms with Crippen LogP contribution in [0.15, 0.2) is 34.7 Å². The van der Waals surface area contributed by atoms with Crippen LogP contribution in [-0.2, 0) is 0 Å². The van der Waals surface area contributed by atoms with Crippen molar-refractivity contribution in [3.63, 3.8) is 0 Å². The van der Waals surface area contributed by atoms with E-state index in [0.717, 1.165) is 33.8 Å². The highest BCUT2D eigenvalue weighted by molar-refractivity contribution is 5.84. The number of nitrogens with two attached hydrogens (primary N) is 1. The van der Waals surface area contributed by atoms with Gasteiger partial charge >= 0.3 is 0 Å². The number of hydrogen-bond donors (Lipinski definition) is 1. The van der Waals surface area contributed by atoms with Crippen molar-refractivity contribution in [2.75, 3.05) is 5.73 Å². The van der Waals surface area contributed by atoms with E-state index in [0.29, 0.717) is 5.82 Å². The number of rotatable bonds is 2. The minimum absolute atomic E-state index is 0.225. The molecule has 0 radical (unpaired) electrons. The van der Waals surface area contributed by atoms with E-state index in [4.69, 9.17) is 10.2 Å². The molecule has 2 N–H and O–H groups in total. The third-order valence-corrected chi connectivity index (χ3v) is 3.27. The Morgan fingerprint density at radius 2 is 1.95 bits per heavy atom. The Morgan fingerprint density at radius 1 is 1.15 bits per heavy atom. The Bertz CT molecular complexity index is 774. The lowest BCUT2D eigenvalue weighted by Gasteiger charge is -2.06. The zero-order valence-corrected chi connectivity index (χ0v) is 11.8. The van der Waals surface area contributed by atoms with Crippen LogP contribution in [0.4, 0.5) is 5.82 Å². The monoisotopic (exact) mass is 267 g/mol. The Morgan fingerprint density at radius 3 is 2.65 bits per heavy atom. The zero-order valence-electron chi connectivity index (χ0n) is 11.8. The van der Waals surface area contributed by atoms with Gasteiger partial charge in [-0.1, -0.05) is 32.0 Å². The summed E-state index contributed by atoms with van der Waals surface area (Å²) in [4.78, 5) is 8.80. The number of para-hydroxylation sites is 1. The summed E-state index contributed by atoms with van der Waals surface area (Å²) in [5.74, 6) is 2.15. The molecule has 0 spiro atoms. The van der Waals surface area contributed by atoms with Gasteiger partial charge in [0, 0.05) is 17.4 Å². The number of aromatic nitrogens is 2. The minimum atomic E-state index is 0.225. The van der Waals surface area contributed by atoms with Gasteiger partial charge in [0.05, 0.1) is 0 Å². The summed E-state index contributed by atoms with van der Waals surface area (Å²) in [5, 5.41) is 1.07. The van der Waals surface area contributed by atoms with Gasteiger partial charge in [0.25, 0.3) is 0 Å². The fourth-order valence-corrected chi connectivity index (χ4v) is 2.20. The zero-order chi connectivity index (χ0) is 14.3. The Balaban J connectivity index is 2.17. The lowest BCUT2D eigenvalue weighted by Crippen LogP contribution is -2.02. The molecule has 1 aromatic carbocycles.